The van der Waals surface area contributed by atoms with Crippen molar-refractivity contribution in [3.8, 4) is 0 Å². The van der Waals surface area contributed by atoms with Crippen molar-refractivity contribution >= 4 is 17.9 Å². The number of allylic oxidation sites excluding steroid dienone is 10. The Morgan fingerprint density at radius 2 is 0.671 bits per heavy atom. The van der Waals surface area contributed by atoms with Gasteiger partial charge < -0.3 is 28.5 Å². The summed E-state index contributed by atoms with van der Waals surface area (Å²) in [7, 11) is 5.99. The fourth-order valence-corrected chi connectivity index (χ4v) is 10.7. The quantitative estimate of drug-likeness (QED) is 0.0211. The Bertz CT molecular complexity index is 1580. The van der Waals surface area contributed by atoms with Gasteiger partial charge in [-0.1, -0.05) is 319 Å². The molecule has 9 nitrogen and oxygen atoms in total. The highest BCUT2D eigenvalue weighted by atomic mass is 16.7. The van der Waals surface area contributed by atoms with Crippen LogP contribution in [0.4, 0.5) is 0 Å². The summed E-state index contributed by atoms with van der Waals surface area (Å²) in [6, 6.07) is 0. The summed E-state index contributed by atoms with van der Waals surface area (Å²) in [6.07, 6.45) is 85.0. The minimum atomic E-state index is -1.51. The van der Waals surface area contributed by atoms with Gasteiger partial charge in [-0.2, -0.15) is 0 Å². The molecule has 2 unspecified atom stereocenters. The van der Waals surface area contributed by atoms with Gasteiger partial charge in [0.1, 0.15) is 13.2 Å². The van der Waals surface area contributed by atoms with Crippen LogP contribution in [0.15, 0.2) is 60.8 Å². The number of hydrogen-bond acceptors (Lipinski definition) is 7. The van der Waals surface area contributed by atoms with Gasteiger partial charge in [-0.3, -0.25) is 9.59 Å². The van der Waals surface area contributed by atoms with Crippen LogP contribution < -0.4 is 0 Å². The molecule has 1 N–H and O–H groups in total. The van der Waals surface area contributed by atoms with E-state index in [9.17, 15) is 19.5 Å². The molecule has 2 atom stereocenters. The fraction of sp³-hybridized carbons (Fsp3) is 0.829. The van der Waals surface area contributed by atoms with Crippen LogP contribution in [0.1, 0.15) is 348 Å². The van der Waals surface area contributed by atoms with Crippen molar-refractivity contribution < 1.29 is 42.9 Å². The fourth-order valence-electron chi connectivity index (χ4n) is 10.7. The molecule has 0 spiro atoms. The molecular weight excluding hydrogens is 1050 g/mol. The highest BCUT2D eigenvalue weighted by Crippen LogP contribution is 2.19. The molecule has 0 aliphatic heterocycles. The molecule has 0 aromatic heterocycles. The van der Waals surface area contributed by atoms with Gasteiger partial charge in [0.05, 0.1) is 34.4 Å². The van der Waals surface area contributed by atoms with E-state index in [1.54, 1.807) is 0 Å². The van der Waals surface area contributed by atoms with Crippen molar-refractivity contribution in [2.75, 3.05) is 47.5 Å². The molecule has 0 fully saturated rings. The van der Waals surface area contributed by atoms with Crippen LogP contribution >= 0.6 is 0 Å². The van der Waals surface area contributed by atoms with E-state index >= 15 is 0 Å². The van der Waals surface area contributed by atoms with E-state index in [4.69, 9.17) is 18.9 Å². The number of quaternary nitrogens is 1. The number of carboxylic acids is 1. The topological polar surface area (TPSA) is 108 Å². The molecule has 0 rings (SSSR count). The lowest BCUT2D eigenvalue weighted by Gasteiger charge is -2.25. The molecule has 0 aliphatic carbocycles. The minimum Gasteiger partial charge on any atom is -0.477 e. The number of nitrogens with zero attached hydrogens (tertiary/aromatic N) is 1. The number of esters is 2. The third-order valence-corrected chi connectivity index (χ3v) is 16.3. The molecular formula is C76H140NO8+. The molecule has 0 saturated carbocycles. The van der Waals surface area contributed by atoms with E-state index in [-0.39, 0.29) is 38.2 Å². The van der Waals surface area contributed by atoms with E-state index in [0.29, 0.717) is 17.4 Å². The first-order valence-electron chi connectivity index (χ1n) is 36.5. The number of carbonyl (C=O) groups excluding carboxylic acids is 2. The van der Waals surface area contributed by atoms with Crippen molar-refractivity contribution in [1.29, 1.82) is 0 Å². The van der Waals surface area contributed by atoms with Gasteiger partial charge in [0, 0.05) is 12.8 Å². The number of carbonyl (C=O) groups is 3. The summed E-state index contributed by atoms with van der Waals surface area (Å²) >= 11 is 0. The molecule has 0 bridgehead atoms. The first kappa shape index (κ1) is 82.0. The van der Waals surface area contributed by atoms with Crippen molar-refractivity contribution in [2.24, 2.45) is 0 Å². The third kappa shape index (κ3) is 68.3. The predicted octanol–water partition coefficient (Wildman–Crippen LogP) is 22.7. The number of likely N-dealkylation sites (N-methyl/N-ethyl adjacent to an activating group) is 1. The van der Waals surface area contributed by atoms with Gasteiger partial charge in [-0.25, -0.2) is 4.79 Å². The number of unbranched alkanes of at least 4 members (excludes halogenated alkanes) is 43. The Balaban J connectivity index is 3.93. The highest BCUT2D eigenvalue weighted by molar-refractivity contribution is 5.71. The van der Waals surface area contributed by atoms with E-state index in [0.717, 1.165) is 64.2 Å². The smallest absolute Gasteiger partial charge is 0.361 e. The van der Waals surface area contributed by atoms with Crippen molar-refractivity contribution in [3.63, 3.8) is 0 Å². The Morgan fingerprint density at radius 1 is 0.365 bits per heavy atom. The van der Waals surface area contributed by atoms with E-state index < -0.39 is 18.4 Å². The molecule has 0 heterocycles. The average Bonchev–Trinajstić information content (AvgIpc) is 3.49. The van der Waals surface area contributed by atoms with Crippen LogP contribution in [0.3, 0.4) is 0 Å². The maximum absolute atomic E-state index is 12.9. The van der Waals surface area contributed by atoms with Gasteiger partial charge in [0.25, 0.3) is 6.29 Å². The lowest BCUT2D eigenvalue weighted by atomic mass is 10.0. The van der Waals surface area contributed by atoms with Gasteiger partial charge in [0.15, 0.2) is 6.10 Å². The van der Waals surface area contributed by atoms with Crippen molar-refractivity contribution in [1.82, 2.24) is 0 Å². The molecule has 9 heteroatoms. The molecule has 0 aromatic carbocycles. The number of aliphatic carboxylic acids is 1. The summed E-state index contributed by atoms with van der Waals surface area (Å²) in [6.45, 7) is 4.81. The monoisotopic (exact) mass is 1200 g/mol. The summed E-state index contributed by atoms with van der Waals surface area (Å²) in [5.74, 6) is -1.98. The van der Waals surface area contributed by atoms with E-state index in [1.165, 1.54) is 257 Å². The van der Waals surface area contributed by atoms with Gasteiger partial charge >= 0.3 is 17.9 Å². The second kappa shape index (κ2) is 66.9. The zero-order valence-corrected chi connectivity index (χ0v) is 56.8. The molecule has 0 radical (unpaired) electrons. The second-order valence-corrected chi connectivity index (χ2v) is 25.9. The molecule has 0 amide bonds. The van der Waals surface area contributed by atoms with Gasteiger partial charge in [0.2, 0.25) is 0 Å². The van der Waals surface area contributed by atoms with E-state index in [1.807, 2.05) is 21.1 Å². The summed E-state index contributed by atoms with van der Waals surface area (Å²) in [4.78, 5) is 37.6. The third-order valence-electron chi connectivity index (χ3n) is 16.3. The van der Waals surface area contributed by atoms with Gasteiger partial charge in [-0.05, 0) is 77.0 Å². The van der Waals surface area contributed by atoms with Gasteiger partial charge in [-0.15, -0.1) is 0 Å². The van der Waals surface area contributed by atoms with Crippen LogP contribution in [0.25, 0.3) is 0 Å². The Morgan fingerprint density at radius 3 is 1.01 bits per heavy atom. The SMILES string of the molecule is CC/C=C\C/C=C\C/C=C\C/C=C\CCCCCCCCCCCCCCCCCCCCCCCCCCCCCCC(=O)OC(COC(=O)CCCCCCCCCCC/C=C\CCCCCCCC)COC(OCC[N+](C)(C)C)C(=O)O. The first-order valence-corrected chi connectivity index (χ1v) is 36.5. The largest absolute Gasteiger partial charge is 0.477 e. The molecule has 85 heavy (non-hydrogen) atoms. The van der Waals surface area contributed by atoms with Crippen LogP contribution in [0.5, 0.6) is 0 Å². The summed E-state index contributed by atoms with van der Waals surface area (Å²) in [5, 5.41) is 9.74. The molecule has 0 aromatic rings. The maximum Gasteiger partial charge on any atom is 0.361 e. The lowest BCUT2D eigenvalue weighted by Crippen LogP contribution is -2.40. The number of carboxylic acid groups (broad SMARTS) is 1. The first-order chi connectivity index (χ1) is 41.6. The van der Waals surface area contributed by atoms with Crippen LogP contribution in [-0.4, -0.2) is 87.4 Å². The highest BCUT2D eigenvalue weighted by Gasteiger charge is 2.25. The Labute approximate surface area is 526 Å². The van der Waals surface area contributed by atoms with Crippen molar-refractivity contribution in [2.45, 2.75) is 360 Å². The Hall–Kier alpha value is -3.01. The molecule has 496 valence electrons. The second-order valence-electron chi connectivity index (χ2n) is 25.9. The zero-order chi connectivity index (χ0) is 61.9. The Kier molecular flexibility index (Phi) is 64.6. The van der Waals surface area contributed by atoms with Crippen LogP contribution in [0.2, 0.25) is 0 Å². The summed E-state index contributed by atoms with van der Waals surface area (Å²) in [5.41, 5.74) is 0. The van der Waals surface area contributed by atoms with Crippen LogP contribution in [-0.2, 0) is 33.3 Å². The maximum atomic E-state index is 12.9. The molecule has 0 aliphatic rings. The predicted molar refractivity (Wildman–Crippen MR) is 364 cm³/mol. The van der Waals surface area contributed by atoms with E-state index in [2.05, 4.69) is 74.6 Å². The number of rotatable bonds is 68. The minimum absolute atomic E-state index is 0.179. The average molecular weight is 1200 g/mol. The summed E-state index contributed by atoms with van der Waals surface area (Å²) < 4.78 is 23.0. The number of hydrogen-bond donors (Lipinski definition) is 1. The lowest BCUT2D eigenvalue weighted by molar-refractivity contribution is -0.870. The normalized spacial score (nSPS) is 13.0. The standard InChI is InChI=1S/C76H139NO8/c1-6-8-10-12-14-16-18-20-22-24-26-27-28-29-30-31-32-33-34-35-36-37-38-39-40-41-42-43-44-45-46-47-49-51-53-55-57-59-61-63-65-67-74(79)85-72(71-84-76(75(80)81)82-69-68-77(3,4)5)70-83-73(78)66-64-62-60-58-56-54-52-50-48-25-23-21-19-17-15-13-11-9-7-2/h8,10,14,16,20-23,26-27,72,76H,6-7,9,11-13,15,17-19,24-25,28-71H2,1-5H3/p+1/b10-8-,16-14-,22-20-,23-21-,27-26-. The molecule has 0 saturated heterocycles. The van der Waals surface area contributed by atoms with Crippen LogP contribution in [0, 0.1) is 0 Å². The van der Waals surface area contributed by atoms with Crippen molar-refractivity contribution in [3.05, 3.63) is 60.8 Å². The number of ether oxygens (including phenoxy) is 4. The zero-order valence-electron chi connectivity index (χ0n) is 56.8.